The lowest BCUT2D eigenvalue weighted by Crippen LogP contribution is -2.37. The molecule has 2 atom stereocenters. The molecule has 0 heterocycles. The van der Waals surface area contributed by atoms with E-state index >= 15 is 0 Å². The molecule has 2 nitrogen and oxygen atoms in total. The molecule has 10 heavy (non-hydrogen) atoms. The highest BCUT2D eigenvalue weighted by molar-refractivity contribution is 4.68. The van der Waals surface area contributed by atoms with Crippen molar-refractivity contribution < 1.29 is 4.74 Å². The van der Waals surface area contributed by atoms with Gasteiger partial charge in [0.25, 0.3) is 0 Å². The summed E-state index contributed by atoms with van der Waals surface area (Å²) in [6.45, 7) is 10.1. The number of hydrogen-bond donors (Lipinski definition) is 1. The molecular weight excluding hydrogens is 126 g/mol. The molecule has 0 aromatic rings. The zero-order valence-corrected chi connectivity index (χ0v) is 7.64. The minimum absolute atomic E-state index is 0.0763. The van der Waals surface area contributed by atoms with Crippen LogP contribution in [-0.4, -0.2) is 17.7 Å². The number of ether oxygens (including phenoxy) is 1. The lowest BCUT2D eigenvalue weighted by atomic mass is 10.1. The van der Waals surface area contributed by atoms with Gasteiger partial charge in [0.05, 0.1) is 11.7 Å². The van der Waals surface area contributed by atoms with Crippen LogP contribution in [0.15, 0.2) is 0 Å². The van der Waals surface area contributed by atoms with E-state index in [1.807, 2.05) is 34.6 Å². The Hall–Kier alpha value is -0.0800. The minimum Gasteiger partial charge on any atom is -0.371 e. The lowest BCUT2D eigenvalue weighted by molar-refractivity contribution is -0.0589. The average Bonchev–Trinajstić information content (AvgIpc) is 1.60. The third-order valence-corrected chi connectivity index (χ3v) is 1.28. The summed E-state index contributed by atoms with van der Waals surface area (Å²) in [5.41, 5.74) is 5.54. The molecule has 0 aliphatic heterocycles. The van der Waals surface area contributed by atoms with Gasteiger partial charge in [-0.2, -0.15) is 0 Å². The lowest BCUT2D eigenvalue weighted by Gasteiger charge is -2.27. The summed E-state index contributed by atoms with van der Waals surface area (Å²) >= 11 is 0. The van der Waals surface area contributed by atoms with Crippen LogP contribution in [0.1, 0.15) is 34.6 Å². The number of hydrogen-bond acceptors (Lipinski definition) is 2. The molecule has 0 radical (unpaired) electrons. The van der Waals surface area contributed by atoms with E-state index in [2.05, 4.69) is 0 Å². The van der Waals surface area contributed by atoms with E-state index in [9.17, 15) is 0 Å². The Morgan fingerprint density at radius 3 is 1.70 bits per heavy atom. The summed E-state index contributed by atoms with van der Waals surface area (Å²) in [6.07, 6.45) is 0.139. The largest absolute Gasteiger partial charge is 0.371 e. The van der Waals surface area contributed by atoms with Gasteiger partial charge in [0.15, 0.2) is 0 Å². The minimum atomic E-state index is -0.0763. The maximum atomic E-state index is 5.62. The molecule has 0 aromatic heterocycles. The Balaban J connectivity index is 3.68. The van der Waals surface area contributed by atoms with Crippen LogP contribution in [0.25, 0.3) is 0 Å². The molecule has 0 bridgehead atoms. The van der Waals surface area contributed by atoms with Gasteiger partial charge >= 0.3 is 0 Å². The van der Waals surface area contributed by atoms with Gasteiger partial charge in [-0.1, -0.05) is 0 Å². The van der Waals surface area contributed by atoms with E-state index in [1.165, 1.54) is 0 Å². The second-order valence-corrected chi connectivity index (χ2v) is 3.79. The molecule has 1 unspecified atom stereocenters. The van der Waals surface area contributed by atoms with Crippen molar-refractivity contribution in [3.8, 4) is 0 Å². The first-order valence-electron chi connectivity index (χ1n) is 3.76. The Kier molecular flexibility index (Phi) is 3.33. The van der Waals surface area contributed by atoms with E-state index in [4.69, 9.17) is 10.5 Å². The third kappa shape index (κ3) is 4.77. The standard InChI is InChI=1S/C8H19NO/c1-6(9)7(2)10-8(3,4)5/h6-7H,9H2,1-5H3/t6-,7?/m0/s1. The molecule has 0 aliphatic rings. The first-order valence-corrected chi connectivity index (χ1v) is 3.76. The average molecular weight is 145 g/mol. The molecule has 0 fully saturated rings. The van der Waals surface area contributed by atoms with Gasteiger partial charge in [-0.05, 0) is 34.6 Å². The first-order chi connectivity index (χ1) is 4.33. The number of nitrogens with two attached hydrogens (primary N) is 1. The summed E-state index contributed by atoms with van der Waals surface area (Å²) in [4.78, 5) is 0. The van der Waals surface area contributed by atoms with E-state index in [0.29, 0.717) is 0 Å². The normalized spacial score (nSPS) is 18.6. The Labute approximate surface area is 63.7 Å². The zero-order valence-electron chi connectivity index (χ0n) is 7.64. The van der Waals surface area contributed by atoms with E-state index in [-0.39, 0.29) is 17.7 Å². The van der Waals surface area contributed by atoms with Gasteiger partial charge in [0.2, 0.25) is 0 Å². The van der Waals surface area contributed by atoms with Crippen molar-refractivity contribution in [3.05, 3.63) is 0 Å². The van der Waals surface area contributed by atoms with Crippen LogP contribution >= 0.6 is 0 Å². The van der Waals surface area contributed by atoms with Crippen molar-refractivity contribution in [2.45, 2.75) is 52.4 Å². The van der Waals surface area contributed by atoms with E-state index < -0.39 is 0 Å². The molecule has 2 N–H and O–H groups in total. The van der Waals surface area contributed by atoms with Crippen LogP contribution in [0.4, 0.5) is 0 Å². The summed E-state index contributed by atoms with van der Waals surface area (Å²) < 4.78 is 5.57. The summed E-state index contributed by atoms with van der Waals surface area (Å²) in [6, 6.07) is 0.110. The molecule has 0 aliphatic carbocycles. The summed E-state index contributed by atoms with van der Waals surface area (Å²) in [5.74, 6) is 0. The molecular formula is C8H19NO. The Morgan fingerprint density at radius 1 is 1.20 bits per heavy atom. The fourth-order valence-corrected chi connectivity index (χ4v) is 0.665. The van der Waals surface area contributed by atoms with Gasteiger partial charge in [-0.25, -0.2) is 0 Å². The third-order valence-electron chi connectivity index (χ3n) is 1.28. The maximum Gasteiger partial charge on any atom is 0.0702 e. The van der Waals surface area contributed by atoms with Crippen LogP contribution in [0, 0.1) is 0 Å². The predicted molar refractivity (Wildman–Crippen MR) is 43.9 cm³/mol. The monoisotopic (exact) mass is 145 g/mol. The quantitative estimate of drug-likeness (QED) is 0.639. The zero-order chi connectivity index (χ0) is 8.36. The van der Waals surface area contributed by atoms with Crippen molar-refractivity contribution in [2.24, 2.45) is 5.73 Å². The highest BCUT2D eigenvalue weighted by Gasteiger charge is 2.17. The second kappa shape index (κ2) is 3.35. The first kappa shape index (κ1) is 9.92. The van der Waals surface area contributed by atoms with Gasteiger partial charge in [0.1, 0.15) is 0 Å². The summed E-state index contributed by atoms with van der Waals surface area (Å²) in [5, 5.41) is 0. The molecule has 62 valence electrons. The highest BCUT2D eigenvalue weighted by atomic mass is 16.5. The molecule has 0 saturated heterocycles. The van der Waals surface area contributed by atoms with Crippen LogP contribution < -0.4 is 5.73 Å². The van der Waals surface area contributed by atoms with Crippen LogP contribution in [-0.2, 0) is 4.74 Å². The van der Waals surface area contributed by atoms with E-state index in [0.717, 1.165) is 0 Å². The summed E-state index contributed by atoms with van der Waals surface area (Å²) in [7, 11) is 0. The van der Waals surface area contributed by atoms with Crippen molar-refractivity contribution in [1.29, 1.82) is 0 Å². The van der Waals surface area contributed by atoms with Crippen molar-refractivity contribution in [2.75, 3.05) is 0 Å². The highest BCUT2D eigenvalue weighted by Crippen LogP contribution is 2.11. The maximum absolute atomic E-state index is 5.62. The SMILES string of the molecule is CC(OC(C)(C)C)[C@H](C)N. The Morgan fingerprint density at radius 2 is 1.60 bits per heavy atom. The topological polar surface area (TPSA) is 35.2 Å². The molecule has 0 spiro atoms. The smallest absolute Gasteiger partial charge is 0.0702 e. The van der Waals surface area contributed by atoms with Gasteiger partial charge in [-0.3, -0.25) is 0 Å². The fraction of sp³-hybridized carbons (Fsp3) is 1.00. The van der Waals surface area contributed by atoms with Crippen molar-refractivity contribution in [1.82, 2.24) is 0 Å². The number of rotatable bonds is 2. The predicted octanol–water partition coefficient (Wildman–Crippen LogP) is 1.54. The van der Waals surface area contributed by atoms with Crippen LogP contribution in [0.5, 0.6) is 0 Å². The molecule has 0 aromatic carbocycles. The van der Waals surface area contributed by atoms with Gasteiger partial charge in [0, 0.05) is 6.04 Å². The Bertz CT molecular complexity index is 93.9. The van der Waals surface area contributed by atoms with E-state index in [1.54, 1.807) is 0 Å². The van der Waals surface area contributed by atoms with Gasteiger partial charge < -0.3 is 10.5 Å². The second-order valence-electron chi connectivity index (χ2n) is 3.79. The fourth-order valence-electron chi connectivity index (χ4n) is 0.665. The molecule has 0 saturated carbocycles. The molecule has 0 rings (SSSR count). The van der Waals surface area contributed by atoms with Crippen molar-refractivity contribution in [3.63, 3.8) is 0 Å². The van der Waals surface area contributed by atoms with Crippen LogP contribution in [0.2, 0.25) is 0 Å². The molecule has 0 amide bonds. The van der Waals surface area contributed by atoms with Crippen molar-refractivity contribution >= 4 is 0 Å². The van der Waals surface area contributed by atoms with Gasteiger partial charge in [-0.15, -0.1) is 0 Å². The van der Waals surface area contributed by atoms with Crippen LogP contribution in [0.3, 0.4) is 0 Å². The molecule has 2 heteroatoms.